The lowest BCUT2D eigenvalue weighted by Crippen LogP contribution is -2.41. The fraction of sp³-hybridized carbons (Fsp3) is 0.400. The van der Waals surface area contributed by atoms with Crippen LogP contribution in [0.5, 0.6) is 5.75 Å². The van der Waals surface area contributed by atoms with Crippen molar-refractivity contribution < 1.29 is 27.8 Å². The van der Waals surface area contributed by atoms with Gasteiger partial charge in [-0.2, -0.15) is 13.2 Å². The van der Waals surface area contributed by atoms with E-state index in [2.05, 4.69) is 10.3 Å². The molecule has 0 saturated carbocycles. The predicted octanol–water partition coefficient (Wildman–Crippen LogP) is 4.03. The Hall–Kier alpha value is -3.31. The van der Waals surface area contributed by atoms with Crippen LogP contribution in [0.3, 0.4) is 0 Å². The van der Waals surface area contributed by atoms with Crippen LogP contribution in [-0.4, -0.2) is 50.6 Å². The molecule has 12 heteroatoms. The molecule has 37 heavy (non-hydrogen) atoms. The highest BCUT2D eigenvalue weighted by molar-refractivity contribution is 6.30. The summed E-state index contributed by atoms with van der Waals surface area (Å²) in [6.45, 7) is 4.81. The molecule has 0 bridgehead atoms. The minimum Gasteiger partial charge on any atom is -0.491 e. The van der Waals surface area contributed by atoms with Gasteiger partial charge in [0.15, 0.2) is 0 Å². The van der Waals surface area contributed by atoms with E-state index in [1.54, 1.807) is 20.0 Å². The number of hydrogen-bond acceptors (Lipinski definition) is 5. The number of amides is 1. The molecule has 0 spiro atoms. The van der Waals surface area contributed by atoms with Crippen molar-refractivity contribution in [3.05, 3.63) is 75.2 Å². The van der Waals surface area contributed by atoms with Crippen molar-refractivity contribution in [3.8, 4) is 11.4 Å². The molecule has 2 N–H and O–H groups in total. The lowest BCUT2D eigenvalue weighted by atomic mass is 9.83. The number of halogens is 4. The first-order chi connectivity index (χ1) is 17.3. The lowest BCUT2D eigenvalue weighted by Gasteiger charge is -2.30. The van der Waals surface area contributed by atoms with E-state index in [1.807, 2.05) is 0 Å². The zero-order chi connectivity index (χ0) is 27.5. The number of aliphatic hydroxyl groups is 1. The van der Waals surface area contributed by atoms with Gasteiger partial charge in [0.25, 0.3) is 11.5 Å². The second kappa shape index (κ2) is 11.0. The van der Waals surface area contributed by atoms with Crippen LogP contribution in [0.25, 0.3) is 5.69 Å². The fourth-order valence-corrected chi connectivity index (χ4v) is 3.83. The van der Waals surface area contributed by atoms with Gasteiger partial charge < -0.3 is 19.7 Å². The van der Waals surface area contributed by atoms with Crippen LogP contribution in [-0.2, 0) is 12.0 Å². The molecule has 0 aliphatic rings. The summed E-state index contributed by atoms with van der Waals surface area (Å²) in [7, 11) is 0. The van der Waals surface area contributed by atoms with Gasteiger partial charge in [-0.1, -0.05) is 11.6 Å². The monoisotopic (exact) mass is 540 g/mol. The molecule has 200 valence electrons. The second-order valence-corrected chi connectivity index (χ2v) is 9.59. The quantitative estimate of drug-likeness (QED) is 0.427. The maximum Gasteiger partial charge on any atom is 0.398 e. The lowest BCUT2D eigenvalue weighted by molar-refractivity contribution is -0.180. The third kappa shape index (κ3) is 6.16. The molecule has 2 aromatic heterocycles. The van der Waals surface area contributed by atoms with Crippen molar-refractivity contribution >= 4 is 17.5 Å². The summed E-state index contributed by atoms with van der Waals surface area (Å²) in [5.74, 6) is -0.619. The minimum atomic E-state index is -4.55. The van der Waals surface area contributed by atoms with Crippen LogP contribution >= 0.6 is 11.6 Å². The van der Waals surface area contributed by atoms with Crippen molar-refractivity contribution in [1.82, 2.24) is 19.4 Å². The molecule has 0 radical (unpaired) electrons. The first-order valence-corrected chi connectivity index (χ1v) is 11.8. The Morgan fingerprint density at radius 3 is 2.54 bits per heavy atom. The number of ether oxygens (including phenoxy) is 1. The van der Waals surface area contributed by atoms with Gasteiger partial charge in [0.05, 0.1) is 30.1 Å². The molecular formula is C25H28ClF3N4O4. The molecule has 0 aliphatic carbocycles. The number of aryl methyl sites for hydroxylation is 1. The number of alkyl halides is 3. The van der Waals surface area contributed by atoms with Gasteiger partial charge in [-0.05, 0) is 58.0 Å². The molecule has 1 unspecified atom stereocenters. The van der Waals surface area contributed by atoms with Gasteiger partial charge in [-0.3, -0.25) is 14.2 Å². The van der Waals surface area contributed by atoms with Crippen molar-refractivity contribution in [1.29, 1.82) is 0 Å². The van der Waals surface area contributed by atoms with Crippen LogP contribution in [0.2, 0.25) is 5.02 Å². The van der Waals surface area contributed by atoms with E-state index in [-0.39, 0.29) is 47.5 Å². The molecule has 0 fully saturated rings. The van der Waals surface area contributed by atoms with Crippen LogP contribution in [0.1, 0.15) is 42.5 Å². The van der Waals surface area contributed by atoms with Gasteiger partial charge >= 0.3 is 6.18 Å². The molecule has 8 nitrogen and oxygen atoms in total. The average Bonchev–Trinajstić information content (AvgIpc) is 3.24. The summed E-state index contributed by atoms with van der Waals surface area (Å²) in [6.07, 6.45) is -1.42. The third-order valence-electron chi connectivity index (χ3n) is 5.89. The predicted molar refractivity (Wildman–Crippen MR) is 133 cm³/mol. The third-order valence-corrected chi connectivity index (χ3v) is 6.13. The first-order valence-electron chi connectivity index (χ1n) is 11.4. The standard InChI is InChI=1S/C25H28ClF3N4O4/c1-15-12-32(14-30-15)20-7-6-19(33(9-10-34)23(20)36)22(35)31-16(2)13-37-21-8-5-17(26)11-18(21)24(3,4)25(27,28)29/h5-8,11-12,14,16,34H,9-10,13H2,1-4H3,(H,31,35). The summed E-state index contributed by atoms with van der Waals surface area (Å²) >= 11 is 5.95. The number of pyridine rings is 1. The van der Waals surface area contributed by atoms with Crippen LogP contribution in [0.15, 0.2) is 47.7 Å². The van der Waals surface area contributed by atoms with Gasteiger partial charge in [0.1, 0.15) is 23.7 Å². The van der Waals surface area contributed by atoms with Crippen molar-refractivity contribution in [3.63, 3.8) is 0 Å². The fourth-order valence-electron chi connectivity index (χ4n) is 3.66. The largest absolute Gasteiger partial charge is 0.491 e. The maximum absolute atomic E-state index is 13.7. The van der Waals surface area contributed by atoms with Gasteiger partial charge in [-0.15, -0.1) is 0 Å². The molecule has 2 heterocycles. The van der Waals surface area contributed by atoms with Crippen LogP contribution < -0.4 is 15.6 Å². The molecule has 0 saturated heterocycles. The number of imidazole rings is 1. The summed E-state index contributed by atoms with van der Waals surface area (Å²) < 4.78 is 49.3. The average molecular weight is 541 g/mol. The topological polar surface area (TPSA) is 98.4 Å². The van der Waals surface area contributed by atoms with Crippen LogP contribution in [0.4, 0.5) is 13.2 Å². The van der Waals surface area contributed by atoms with Gasteiger partial charge in [-0.25, -0.2) is 4.98 Å². The van der Waals surface area contributed by atoms with E-state index in [9.17, 15) is 27.9 Å². The van der Waals surface area contributed by atoms with Crippen molar-refractivity contribution in [2.45, 2.75) is 51.9 Å². The Bertz CT molecular complexity index is 1330. The smallest absolute Gasteiger partial charge is 0.398 e. The molecule has 1 amide bonds. The Labute approximate surface area is 216 Å². The number of nitrogens with zero attached hydrogens (tertiary/aromatic N) is 3. The van der Waals surface area contributed by atoms with E-state index in [0.29, 0.717) is 5.69 Å². The zero-order valence-corrected chi connectivity index (χ0v) is 21.5. The molecule has 0 aliphatic heterocycles. The van der Waals surface area contributed by atoms with E-state index in [1.165, 1.54) is 41.2 Å². The summed E-state index contributed by atoms with van der Waals surface area (Å²) in [5.41, 5.74) is -1.89. The number of carbonyl (C=O) groups is 1. The number of rotatable bonds is 9. The Balaban J connectivity index is 1.79. The highest BCUT2D eigenvalue weighted by atomic mass is 35.5. The summed E-state index contributed by atoms with van der Waals surface area (Å²) in [4.78, 5) is 30.1. The molecule has 1 aromatic carbocycles. The Kier molecular flexibility index (Phi) is 8.38. The number of aromatic nitrogens is 3. The number of carbonyl (C=O) groups excluding carboxylic acids is 1. The van der Waals surface area contributed by atoms with E-state index in [0.717, 1.165) is 18.4 Å². The maximum atomic E-state index is 13.7. The van der Waals surface area contributed by atoms with E-state index in [4.69, 9.17) is 16.3 Å². The van der Waals surface area contributed by atoms with Crippen molar-refractivity contribution in [2.24, 2.45) is 0 Å². The Morgan fingerprint density at radius 1 is 1.24 bits per heavy atom. The van der Waals surface area contributed by atoms with E-state index >= 15 is 0 Å². The van der Waals surface area contributed by atoms with E-state index < -0.39 is 29.1 Å². The van der Waals surface area contributed by atoms with Crippen molar-refractivity contribution in [2.75, 3.05) is 13.2 Å². The first kappa shape index (κ1) is 28.3. The molecule has 3 rings (SSSR count). The zero-order valence-electron chi connectivity index (χ0n) is 20.8. The molecular weight excluding hydrogens is 513 g/mol. The van der Waals surface area contributed by atoms with Crippen LogP contribution in [0, 0.1) is 6.92 Å². The minimum absolute atomic E-state index is 0.00927. The highest BCUT2D eigenvalue weighted by Gasteiger charge is 2.50. The summed E-state index contributed by atoms with van der Waals surface area (Å²) in [5, 5.41) is 12.3. The normalized spacial score (nSPS) is 12.9. The molecule has 3 aromatic rings. The Morgan fingerprint density at radius 2 is 1.95 bits per heavy atom. The van der Waals surface area contributed by atoms with Gasteiger partial charge in [0, 0.05) is 23.3 Å². The number of nitrogens with one attached hydrogen (secondary N) is 1. The SMILES string of the molecule is Cc1cn(-c2ccc(C(=O)NC(C)COc3ccc(Cl)cc3C(C)(C)C(F)(F)F)n(CCO)c2=O)cn1. The highest BCUT2D eigenvalue weighted by Crippen LogP contribution is 2.44. The summed E-state index contributed by atoms with van der Waals surface area (Å²) in [6, 6.07) is 6.28. The van der Waals surface area contributed by atoms with Gasteiger partial charge in [0.2, 0.25) is 0 Å². The second-order valence-electron chi connectivity index (χ2n) is 9.16. The number of benzene rings is 1. The number of aliphatic hydroxyl groups excluding tert-OH is 1. The molecule has 1 atom stereocenters. The number of hydrogen-bond donors (Lipinski definition) is 2.